The Morgan fingerprint density at radius 3 is 2.71 bits per heavy atom. The van der Waals surface area contributed by atoms with Crippen molar-refractivity contribution in [2.75, 3.05) is 7.11 Å². The van der Waals surface area contributed by atoms with Crippen molar-refractivity contribution in [1.82, 2.24) is 0 Å². The zero-order valence-corrected chi connectivity index (χ0v) is 11.8. The second-order valence-corrected chi connectivity index (χ2v) is 4.84. The lowest BCUT2D eigenvalue weighted by atomic mass is 9.98. The highest BCUT2D eigenvalue weighted by Gasteiger charge is 2.09. The fraction of sp³-hybridized carbons (Fsp3) is 0.467. The minimum absolute atomic E-state index is 0.502. The first-order valence-electron chi connectivity index (χ1n) is 6.08. The third-order valence-electron chi connectivity index (χ3n) is 2.80. The molecule has 2 heteroatoms. The van der Waals surface area contributed by atoms with Crippen molar-refractivity contribution in [2.24, 2.45) is 5.92 Å². The molecule has 0 heterocycles. The van der Waals surface area contributed by atoms with Gasteiger partial charge in [-0.3, -0.25) is 0 Å². The van der Waals surface area contributed by atoms with E-state index in [0.29, 0.717) is 5.92 Å². The maximum Gasteiger partial charge on any atom is 0.122 e. The molecule has 94 valence electrons. The molecule has 0 amide bonds. The number of benzene rings is 1. The van der Waals surface area contributed by atoms with Crippen LogP contribution in [0.5, 0.6) is 5.75 Å². The van der Waals surface area contributed by atoms with E-state index < -0.39 is 0 Å². The molecule has 0 spiro atoms. The van der Waals surface area contributed by atoms with Crippen LogP contribution in [0.25, 0.3) is 0 Å². The molecule has 0 aliphatic heterocycles. The molecular formula is C15H21ClO. The predicted octanol–water partition coefficient (Wildman–Crippen LogP) is 4.80. The third kappa shape index (κ3) is 4.08. The maximum absolute atomic E-state index is 6.16. The smallest absolute Gasteiger partial charge is 0.122 e. The third-order valence-corrected chi connectivity index (χ3v) is 3.21. The van der Waals surface area contributed by atoms with Crippen molar-refractivity contribution < 1.29 is 4.74 Å². The minimum Gasteiger partial charge on any atom is -0.496 e. The van der Waals surface area contributed by atoms with Gasteiger partial charge in [-0.25, -0.2) is 0 Å². The molecule has 1 nitrogen and oxygen atoms in total. The summed E-state index contributed by atoms with van der Waals surface area (Å²) in [6.07, 6.45) is 6.48. The van der Waals surface area contributed by atoms with Gasteiger partial charge in [0.2, 0.25) is 0 Å². The first-order valence-corrected chi connectivity index (χ1v) is 6.46. The number of allylic oxidation sites excluding steroid dienone is 2. The molecule has 0 saturated heterocycles. The van der Waals surface area contributed by atoms with Gasteiger partial charge in [-0.2, -0.15) is 0 Å². The second-order valence-electron chi connectivity index (χ2n) is 4.43. The van der Waals surface area contributed by atoms with Crippen molar-refractivity contribution in [1.29, 1.82) is 0 Å². The standard InChI is InChI=1S/C15H21ClO/c1-5-6-7-11(2)8-13-10-14(16)12(3)9-15(13)17-4/h6-7,9-11H,5,8H2,1-4H3/b7-6-. The van der Waals surface area contributed by atoms with Gasteiger partial charge in [0.15, 0.2) is 0 Å². The van der Waals surface area contributed by atoms with Crippen LogP contribution in [-0.2, 0) is 6.42 Å². The molecule has 1 aromatic rings. The number of hydrogen-bond donors (Lipinski definition) is 0. The van der Waals surface area contributed by atoms with Crippen LogP contribution in [0.1, 0.15) is 31.4 Å². The Bertz CT molecular complexity index is 396. The summed E-state index contributed by atoms with van der Waals surface area (Å²) in [5.41, 5.74) is 2.24. The fourth-order valence-corrected chi connectivity index (χ4v) is 2.02. The average Bonchev–Trinajstić information content (AvgIpc) is 2.31. The van der Waals surface area contributed by atoms with E-state index >= 15 is 0 Å². The quantitative estimate of drug-likeness (QED) is 0.684. The number of rotatable bonds is 5. The van der Waals surface area contributed by atoms with Gasteiger partial charge in [0.05, 0.1) is 7.11 Å². The van der Waals surface area contributed by atoms with Crippen LogP contribution in [0, 0.1) is 12.8 Å². The Hall–Kier alpha value is -0.950. The number of hydrogen-bond acceptors (Lipinski definition) is 1. The lowest BCUT2D eigenvalue weighted by Crippen LogP contribution is -2.00. The van der Waals surface area contributed by atoms with Crippen molar-refractivity contribution in [3.05, 3.63) is 40.4 Å². The van der Waals surface area contributed by atoms with Gasteiger partial charge in [-0.15, -0.1) is 0 Å². The molecule has 1 atom stereocenters. The first kappa shape index (κ1) is 14.1. The lowest BCUT2D eigenvalue weighted by molar-refractivity contribution is 0.407. The van der Waals surface area contributed by atoms with Crippen molar-refractivity contribution in [2.45, 2.75) is 33.6 Å². The summed E-state index contributed by atoms with van der Waals surface area (Å²) < 4.78 is 5.40. The van der Waals surface area contributed by atoms with Gasteiger partial charge in [-0.05, 0) is 48.9 Å². The Kier molecular flexibility index (Phi) is 5.57. The van der Waals surface area contributed by atoms with E-state index in [-0.39, 0.29) is 0 Å². The van der Waals surface area contributed by atoms with Crippen LogP contribution in [0.2, 0.25) is 5.02 Å². The molecule has 17 heavy (non-hydrogen) atoms. The van der Waals surface area contributed by atoms with E-state index in [1.807, 2.05) is 19.1 Å². The van der Waals surface area contributed by atoms with Gasteiger partial charge in [0.1, 0.15) is 5.75 Å². The number of ether oxygens (including phenoxy) is 1. The van der Waals surface area contributed by atoms with Crippen LogP contribution in [0.3, 0.4) is 0 Å². The summed E-state index contributed by atoms with van der Waals surface area (Å²) in [6, 6.07) is 4.03. The highest BCUT2D eigenvalue weighted by atomic mass is 35.5. The Labute approximate surface area is 109 Å². The summed E-state index contributed by atoms with van der Waals surface area (Å²) in [5, 5.41) is 0.812. The summed E-state index contributed by atoms with van der Waals surface area (Å²) >= 11 is 6.16. The Morgan fingerprint density at radius 2 is 2.12 bits per heavy atom. The van der Waals surface area contributed by atoms with E-state index in [9.17, 15) is 0 Å². The summed E-state index contributed by atoms with van der Waals surface area (Å²) in [7, 11) is 1.71. The Balaban J connectivity index is 2.89. The summed E-state index contributed by atoms with van der Waals surface area (Å²) in [4.78, 5) is 0. The van der Waals surface area contributed by atoms with Crippen molar-refractivity contribution in [3.8, 4) is 5.75 Å². The second kappa shape index (κ2) is 6.70. The highest BCUT2D eigenvalue weighted by Crippen LogP contribution is 2.28. The number of aryl methyl sites for hydroxylation is 1. The molecule has 1 aromatic carbocycles. The molecule has 1 rings (SSSR count). The van der Waals surface area contributed by atoms with Crippen LogP contribution in [0.4, 0.5) is 0 Å². The fourth-order valence-electron chi connectivity index (χ4n) is 1.83. The van der Waals surface area contributed by atoms with Gasteiger partial charge < -0.3 is 4.74 Å². The molecule has 0 saturated carbocycles. The van der Waals surface area contributed by atoms with Crippen molar-refractivity contribution >= 4 is 11.6 Å². The van der Waals surface area contributed by atoms with Gasteiger partial charge in [-0.1, -0.05) is 37.6 Å². The topological polar surface area (TPSA) is 9.23 Å². The largest absolute Gasteiger partial charge is 0.496 e. The summed E-state index contributed by atoms with van der Waals surface area (Å²) in [5.74, 6) is 1.44. The van der Waals surface area contributed by atoms with E-state index in [2.05, 4.69) is 26.0 Å². The van der Waals surface area contributed by atoms with E-state index in [1.165, 1.54) is 5.56 Å². The number of methoxy groups -OCH3 is 1. The van der Waals surface area contributed by atoms with Crippen LogP contribution >= 0.6 is 11.6 Å². The van der Waals surface area contributed by atoms with E-state index in [0.717, 1.165) is 29.2 Å². The Morgan fingerprint density at radius 1 is 1.41 bits per heavy atom. The molecule has 0 aromatic heterocycles. The van der Waals surface area contributed by atoms with Gasteiger partial charge in [0.25, 0.3) is 0 Å². The monoisotopic (exact) mass is 252 g/mol. The zero-order chi connectivity index (χ0) is 12.8. The molecular weight excluding hydrogens is 232 g/mol. The molecule has 0 radical (unpaired) electrons. The molecule has 0 bridgehead atoms. The summed E-state index contributed by atoms with van der Waals surface area (Å²) in [6.45, 7) is 6.35. The first-order chi connectivity index (χ1) is 8.08. The van der Waals surface area contributed by atoms with E-state index in [4.69, 9.17) is 16.3 Å². The van der Waals surface area contributed by atoms with Crippen LogP contribution in [-0.4, -0.2) is 7.11 Å². The van der Waals surface area contributed by atoms with Crippen LogP contribution < -0.4 is 4.74 Å². The normalized spacial score (nSPS) is 13.0. The molecule has 0 N–H and O–H groups in total. The molecule has 1 unspecified atom stereocenters. The van der Waals surface area contributed by atoms with Crippen molar-refractivity contribution in [3.63, 3.8) is 0 Å². The minimum atomic E-state index is 0.502. The van der Waals surface area contributed by atoms with Gasteiger partial charge >= 0.3 is 0 Å². The maximum atomic E-state index is 6.16. The molecule has 0 aliphatic rings. The number of halogens is 1. The molecule has 0 fully saturated rings. The predicted molar refractivity (Wildman–Crippen MR) is 75.0 cm³/mol. The van der Waals surface area contributed by atoms with Crippen LogP contribution in [0.15, 0.2) is 24.3 Å². The van der Waals surface area contributed by atoms with Gasteiger partial charge in [0, 0.05) is 5.02 Å². The SMILES string of the molecule is CC/C=C\C(C)Cc1cc(Cl)c(C)cc1OC. The average molecular weight is 253 g/mol. The molecule has 0 aliphatic carbocycles. The highest BCUT2D eigenvalue weighted by molar-refractivity contribution is 6.31. The van der Waals surface area contributed by atoms with E-state index in [1.54, 1.807) is 7.11 Å². The lowest BCUT2D eigenvalue weighted by Gasteiger charge is -2.13. The zero-order valence-electron chi connectivity index (χ0n) is 11.1.